The number of benzene rings is 1. The van der Waals surface area contributed by atoms with Crippen LogP contribution in [0.2, 0.25) is 5.02 Å². The lowest BCUT2D eigenvalue weighted by Crippen LogP contribution is -2.37. The van der Waals surface area contributed by atoms with E-state index in [2.05, 4.69) is 5.32 Å². The fourth-order valence-corrected chi connectivity index (χ4v) is 2.36. The molecule has 0 unspecified atom stereocenters. The van der Waals surface area contributed by atoms with Gasteiger partial charge in [0.15, 0.2) is 0 Å². The number of rotatable bonds is 4. The Hall–Kier alpha value is -1.75. The van der Waals surface area contributed by atoms with Gasteiger partial charge in [-0.1, -0.05) is 11.6 Å². The Kier molecular flexibility index (Phi) is 4.84. The summed E-state index contributed by atoms with van der Waals surface area (Å²) in [6.45, 7) is 1.19. The van der Waals surface area contributed by atoms with Crippen LogP contribution in [0.4, 0.5) is 11.4 Å². The number of nitrogen functional groups attached to an aromatic ring is 1. The van der Waals surface area contributed by atoms with Crippen LogP contribution in [-0.2, 0) is 9.59 Å². The van der Waals surface area contributed by atoms with E-state index < -0.39 is 0 Å². The first kappa shape index (κ1) is 14.7. The number of amides is 2. The largest absolute Gasteiger partial charge is 0.397 e. The van der Waals surface area contributed by atoms with E-state index in [4.69, 9.17) is 17.3 Å². The van der Waals surface area contributed by atoms with Crippen LogP contribution in [0, 0.1) is 0 Å². The molecule has 20 heavy (non-hydrogen) atoms. The summed E-state index contributed by atoms with van der Waals surface area (Å²) >= 11 is 5.86. The van der Waals surface area contributed by atoms with Crippen molar-refractivity contribution in [1.29, 1.82) is 0 Å². The minimum atomic E-state index is -0.169. The summed E-state index contributed by atoms with van der Waals surface area (Å²) < 4.78 is 0. The summed E-state index contributed by atoms with van der Waals surface area (Å²) in [5.41, 5.74) is 6.74. The second kappa shape index (κ2) is 6.61. The molecular formula is C14H18ClN3O2. The average Bonchev–Trinajstić information content (AvgIpc) is 2.42. The topological polar surface area (TPSA) is 75.4 Å². The smallest absolute Gasteiger partial charge is 0.226 e. The number of likely N-dealkylation sites (tertiary alicyclic amines) is 1. The zero-order chi connectivity index (χ0) is 14.5. The van der Waals surface area contributed by atoms with E-state index in [1.165, 1.54) is 0 Å². The van der Waals surface area contributed by atoms with Crippen LogP contribution in [0.1, 0.15) is 25.7 Å². The molecule has 108 valence electrons. The summed E-state index contributed by atoms with van der Waals surface area (Å²) in [5.74, 6) is -0.0383. The molecule has 0 radical (unpaired) electrons. The minimum absolute atomic E-state index is 0.131. The van der Waals surface area contributed by atoms with Crippen molar-refractivity contribution in [3.63, 3.8) is 0 Å². The summed E-state index contributed by atoms with van der Waals surface area (Å²) in [6, 6.07) is 4.92. The highest BCUT2D eigenvalue weighted by atomic mass is 35.5. The summed E-state index contributed by atoms with van der Waals surface area (Å²) in [4.78, 5) is 25.2. The van der Waals surface area contributed by atoms with Gasteiger partial charge in [-0.05, 0) is 31.0 Å². The Morgan fingerprint density at radius 1 is 1.40 bits per heavy atom. The molecule has 0 aliphatic carbocycles. The molecule has 0 saturated carbocycles. The zero-order valence-corrected chi connectivity index (χ0v) is 11.9. The molecule has 1 saturated heterocycles. The number of halogens is 1. The van der Waals surface area contributed by atoms with E-state index >= 15 is 0 Å². The lowest BCUT2D eigenvalue weighted by Gasteiger charge is -2.26. The van der Waals surface area contributed by atoms with E-state index in [1.54, 1.807) is 23.1 Å². The molecule has 5 nitrogen and oxygen atoms in total. The number of carbonyl (C=O) groups is 2. The molecule has 2 amide bonds. The number of nitrogens with one attached hydrogen (secondary N) is 1. The quantitative estimate of drug-likeness (QED) is 0.837. The number of anilines is 2. The van der Waals surface area contributed by atoms with E-state index in [-0.39, 0.29) is 18.2 Å². The van der Waals surface area contributed by atoms with Crippen LogP contribution in [-0.4, -0.2) is 29.8 Å². The van der Waals surface area contributed by atoms with Crippen molar-refractivity contribution in [2.24, 2.45) is 0 Å². The van der Waals surface area contributed by atoms with Crippen molar-refractivity contribution in [2.75, 3.05) is 24.1 Å². The highest BCUT2D eigenvalue weighted by Crippen LogP contribution is 2.23. The van der Waals surface area contributed by atoms with Crippen molar-refractivity contribution in [3.8, 4) is 0 Å². The second-order valence-corrected chi connectivity index (χ2v) is 5.30. The molecule has 0 bridgehead atoms. The number of carbonyl (C=O) groups excluding carboxylic acids is 2. The molecule has 1 fully saturated rings. The lowest BCUT2D eigenvalue weighted by molar-refractivity contribution is -0.133. The van der Waals surface area contributed by atoms with Crippen LogP contribution in [0.3, 0.4) is 0 Å². The van der Waals surface area contributed by atoms with Gasteiger partial charge >= 0.3 is 0 Å². The van der Waals surface area contributed by atoms with E-state index in [0.29, 0.717) is 29.4 Å². The van der Waals surface area contributed by atoms with Gasteiger partial charge < -0.3 is 16.0 Å². The van der Waals surface area contributed by atoms with Gasteiger partial charge in [-0.25, -0.2) is 0 Å². The summed E-state index contributed by atoms with van der Waals surface area (Å²) in [7, 11) is 0. The molecule has 6 heteroatoms. The van der Waals surface area contributed by atoms with Crippen LogP contribution < -0.4 is 11.1 Å². The summed E-state index contributed by atoms with van der Waals surface area (Å²) in [6.07, 6.45) is 2.80. The van der Waals surface area contributed by atoms with Crippen LogP contribution >= 0.6 is 11.6 Å². The SMILES string of the molecule is Nc1ccc(Cl)cc1NC(=O)CCN1CCCCC1=O. The van der Waals surface area contributed by atoms with Gasteiger partial charge in [-0.2, -0.15) is 0 Å². The van der Waals surface area contributed by atoms with Crippen LogP contribution in [0.25, 0.3) is 0 Å². The van der Waals surface area contributed by atoms with Crippen molar-refractivity contribution in [3.05, 3.63) is 23.2 Å². The molecule has 1 aromatic carbocycles. The van der Waals surface area contributed by atoms with Gasteiger partial charge in [-0.15, -0.1) is 0 Å². The van der Waals surface area contributed by atoms with Gasteiger partial charge in [0.25, 0.3) is 0 Å². The molecule has 1 aliphatic heterocycles. The van der Waals surface area contributed by atoms with Gasteiger partial charge in [-0.3, -0.25) is 9.59 Å². The highest BCUT2D eigenvalue weighted by Gasteiger charge is 2.18. The maximum absolute atomic E-state index is 11.9. The van der Waals surface area contributed by atoms with Crippen molar-refractivity contribution in [1.82, 2.24) is 4.90 Å². The molecule has 1 aliphatic rings. The molecule has 0 spiro atoms. The Morgan fingerprint density at radius 2 is 2.20 bits per heavy atom. The summed E-state index contributed by atoms with van der Waals surface area (Å²) in [5, 5.41) is 3.23. The molecule has 2 rings (SSSR count). The molecule has 0 aromatic heterocycles. The predicted molar refractivity (Wildman–Crippen MR) is 79.5 cm³/mol. The Balaban J connectivity index is 1.86. The maximum atomic E-state index is 11.9. The minimum Gasteiger partial charge on any atom is -0.397 e. The Bertz CT molecular complexity index is 519. The molecule has 1 aromatic rings. The Labute approximate surface area is 123 Å². The first-order valence-electron chi connectivity index (χ1n) is 6.69. The fraction of sp³-hybridized carbons (Fsp3) is 0.429. The number of nitrogens with zero attached hydrogens (tertiary/aromatic N) is 1. The standard InChI is InChI=1S/C14H18ClN3O2/c15-10-4-5-11(16)12(9-10)17-13(19)6-8-18-7-2-1-3-14(18)20/h4-5,9H,1-3,6-8,16H2,(H,17,19). The zero-order valence-electron chi connectivity index (χ0n) is 11.2. The van der Waals surface area contributed by atoms with E-state index in [0.717, 1.165) is 19.4 Å². The number of piperidine rings is 1. The number of hydrogen-bond acceptors (Lipinski definition) is 3. The first-order valence-corrected chi connectivity index (χ1v) is 7.07. The normalized spacial score (nSPS) is 15.2. The lowest BCUT2D eigenvalue weighted by atomic mass is 10.1. The van der Waals surface area contributed by atoms with Crippen molar-refractivity contribution >= 4 is 34.8 Å². The van der Waals surface area contributed by atoms with Crippen molar-refractivity contribution < 1.29 is 9.59 Å². The molecule has 1 heterocycles. The molecular weight excluding hydrogens is 278 g/mol. The third-order valence-electron chi connectivity index (χ3n) is 3.32. The van der Waals surface area contributed by atoms with Gasteiger partial charge in [0.2, 0.25) is 11.8 Å². The monoisotopic (exact) mass is 295 g/mol. The third kappa shape index (κ3) is 3.87. The average molecular weight is 296 g/mol. The second-order valence-electron chi connectivity index (χ2n) is 4.87. The molecule has 3 N–H and O–H groups in total. The Morgan fingerprint density at radius 3 is 2.95 bits per heavy atom. The van der Waals surface area contributed by atoms with E-state index in [1.807, 2.05) is 0 Å². The third-order valence-corrected chi connectivity index (χ3v) is 3.55. The van der Waals surface area contributed by atoms with E-state index in [9.17, 15) is 9.59 Å². The molecule has 0 atom stereocenters. The van der Waals surface area contributed by atoms with Gasteiger partial charge in [0, 0.05) is 31.0 Å². The highest BCUT2D eigenvalue weighted by molar-refractivity contribution is 6.31. The fourth-order valence-electron chi connectivity index (χ4n) is 2.18. The maximum Gasteiger partial charge on any atom is 0.226 e. The predicted octanol–water partition coefficient (Wildman–Crippen LogP) is 2.26. The number of nitrogens with two attached hydrogens (primary N) is 1. The van der Waals surface area contributed by atoms with Gasteiger partial charge in [0.1, 0.15) is 0 Å². The first-order chi connectivity index (χ1) is 9.56. The van der Waals surface area contributed by atoms with Gasteiger partial charge in [0.05, 0.1) is 11.4 Å². The van der Waals surface area contributed by atoms with Crippen molar-refractivity contribution in [2.45, 2.75) is 25.7 Å². The van der Waals surface area contributed by atoms with Crippen LogP contribution in [0.5, 0.6) is 0 Å². The van der Waals surface area contributed by atoms with Crippen LogP contribution in [0.15, 0.2) is 18.2 Å². The number of hydrogen-bond donors (Lipinski definition) is 2.